The van der Waals surface area contributed by atoms with Gasteiger partial charge in [0.05, 0.1) is 0 Å². The van der Waals surface area contributed by atoms with E-state index in [1.807, 2.05) is 0 Å². The highest BCUT2D eigenvalue weighted by Gasteiger charge is 2.05. The third-order valence-electron chi connectivity index (χ3n) is 3.08. The summed E-state index contributed by atoms with van der Waals surface area (Å²) in [4.78, 5) is 2.47. The van der Waals surface area contributed by atoms with Crippen LogP contribution in [0.15, 0.2) is 0 Å². The summed E-state index contributed by atoms with van der Waals surface area (Å²) in [6.45, 7) is 11.4. The molecule has 0 amide bonds. The highest BCUT2D eigenvalue weighted by atomic mass is 15.1. The van der Waals surface area contributed by atoms with Crippen LogP contribution in [0.5, 0.6) is 0 Å². The maximum absolute atomic E-state index is 3.45. The first-order chi connectivity index (χ1) is 7.07. The van der Waals surface area contributed by atoms with Crippen LogP contribution in [0, 0.1) is 0 Å². The van der Waals surface area contributed by atoms with E-state index in [-0.39, 0.29) is 0 Å². The highest BCUT2D eigenvalue weighted by Crippen LogP contribution is 2.03. The molecule has 1 N–H and O–H groups in total. The average molecular weight is 214 g/mol. The van der Waals surface area contributed by atoms with Crippen molar-refractivity contribution >= 4 is 0 Å². The van der Waals surface area contributed by atoms with Gasteiger partial charge in [0.15, 0.2) is 0 Å². The normalized spacial score (nSPS) is 13.8. The van der Waals surface area contributed by atoms with Crippen molar-refractivity contribution in [3.63, 3.8) is 0 Å². The average Bonchev–Trinajstić information content (AvgIpc) is 2.21. The minimum absolute atomic E-state index is 0.632. The molecule has 2 heteroatoms. The minimum atomic E-state index is 0.632. The summed E-state index contributed by atoms with van der Waals surface area (Å²) in [6, 6.07) is 1.37. The van der Waals surface area contributed by atoms with Gasteiger partial charge in [-0.3, -0.25) is 0 Å². The van der Waals surface area contributed by atoms with E-state index in [4.69, 9.17) is 0 Å². The number of nitrogens with one attached hydrogen (secondary N) is 1. The van der Waals surface area contributed by atoms with Crippen LogP contribution in [0.3, 0.4) is 0 Å². The van der Waals surface area contributed by atoms with Gasteiger partial charge in [0.25, 0.3) is 0 Å². The number of hydrogen-bond acceptors (Lipinski definition) is 2. The maximum Gasteiger partial charge on any atom is 0.00612 e. The van der Waals surface area contributed by atoms with E-state index < -0.39 is 0 Å². The van der Waals surface area contributed by atoms with Crippen LogP contribution in [-0.2, 0) is 0 Å². The molecule has 92 valence electrons. The fourth-order valence-corrected chi connectivity index (χ4v) is 1.59. The van der Waals surface area contributed by atoms with Gasteiger partial charge in [-0.05, 0) is 46.3 Å². The van der Waals surface area contributed by atoms with Gasteiger partial charge < -0.3 is 10.2 Å². The Kier molecular flexibility index (Phi) is 9.12. The molecule has 0 aliphatic heterocycles. The van der Waals surface area contributed by atoms with Crippen LogP contribution >= 0.6 is 0 Å². The van der Waals surface area contributed by atoms with Crippen LogP contribution in [0.4, 0.5) is 0 Å². The van der Waals surface area contributed by atoms with E-state index in [0.717, 1.165) is 6.04 Å². The Balaban J connectivity index is 3.23. The van der Waals surface area contributed by atoms with Gasteiger partial charge in [-0.15, -0.1) is 0 Å². The molecule has 0 spiro atoms. The SMILES string of the molecule is CCC(C)N(C)CCCCCNC(C)C. The molecule has 0 aromatic heterocycles. The van der Waals surface area contributed by atoms with Crippen LogP contribution in [0.2, 0.25) is 0 Å². The second kappa shape index (κ2) is 9.17. The highest BCUT2D eigenvalue weighted by molar-refractivity contribution is 4.61. The fourth-order valence-electron chi connectivity index (χ4n) is 1.59. The molecule has 0 saturated carbocycles. The predicted octanol–water partition coefficient (Wildman–Crippen LogP) is 2.89. The minimum Gasteiger partial charge on any atom is -0.315 e. The molecular formula is C13H30N2. The molecule has 0 saturated heterocycles. The molecule has 0 fully saturated rings. The van der Waals surface area contributed by atoms with E-state index in [2.05, 4.69) is 45.0 Å². The van der Waals surface area contributed by atoms with E-state index >= 15 is 0 Å². The molecule has 2 nitrogen and oxygen atoms in total. The lowest BCUT2D eigenvalue weighted by Gasteiger charge is -2.23. The Morgan fingerprint density at radius 1 is 1.07 bits per heavy atom. The maximum atomic E-state index is 3.45. The molecular weight excluding hydrogens is 184 g/mol. The van der Waals surface area contributed by atoms with Crippen molar-refractivity contribution in [2.45, 2.75) is 65.5 Å². The van der Waals surface area contributed by atoms with Crippen LogP contribution in [0.1, 0.15) is 53.4 Å². The second-order valence-corrected chi connectivity index (χ2v) is 4.91. The van der Waals surface area contributed by atoms with E-state index in [1.54, 1.807) is 0 Å². The van der Waals surface area contributed by atoms with Crippen LogP contribution < -0.4 is 5.32 Å². The number of hydrogen-bond donors (Lipinski definition) is 1. The van der Waals surface area contributed by atoms with Crippen molar-refractivity contribution in [1.29, 1.82) is 0 Å². The lowest BCUT2D eigenvalue weighted by molar-refractivity contribution is 0.246. The molecule has 0 aliphatic carbocycles. The van der Waals surface area contributed by atoms with Crippen molar-refractivity contribution < 1.29 is 0 Å². The molecule has 1 unspecified atom stereocenters. The van der Waals surface area contributed by atoms with E-state index in [0.29, 0.717) is 6.04 Å². The summed E-state index contributed by atoms with van der Waals surface area (Å²) in [7, 11) is 2.24. The smallest absolute Gasteiger partial charge is 0.00612 e. The molecule has 15 heavy (non-hydrogen) atoms. The van der Waals surface area contributed by atoms with Gasteiger partial charge in [0, 0.05) is 12.1 Å². The third kappa shape index (κ3) is 8.88. The molecule has 1 atom stereocenters. The second-order valence-electron chi connectivity index (χ2n) is 4.91. The Bertz CT molecular complexity index is 134. The first kappa shape index (κ1) is 14.9. The first-order valence-corrected chi connectivity index (χ1v) is 6.51. The summed E-state index contributed by atoms with van der Waals surface area (Å²) < 4.78 is 0. The third-order valence-corrected chi connectivity index (χ3v) is 3.08. The van der Waals surface area contributed by atoms with Gasteiger partial charge in [0.2, 0.25) is 0 Å². The quantitative estimate of drug-likeness (QED) is 0.594. The van der Waals surface area contributed by atoms with Crippen LogP contribution in [-0.4, -0.2) is 37.1 Å². The molecule has 0 bridgehead atoms. The Morgan fingerprint density at radius 3 is 2.27 bits per heavy atom. The van der Waals surface area contributed by atoms with Gasteiger partial charge in [-0.2, -0.15) is 0 Å². The van der Waals surface area contributed by atoms with Crippen LogP contribution in [0.25, 0.3) is 0 Å². The predicted molar refractivity (Wildman–Crippen MR) is 69.4 cm³/mol. The van der Waals surface area contributed by atoms with Gasteiger partial charge in [-0.25, -0.2) is 0 Å². The van der Waals surface area contributed by atoms with Gasteiger partial charge in [0.1, 0.15) is 0 Å². The molecule has 0 radical (unpaired) electrons. The molecule has 0 heterocycles. The lowest BCUT2D eigenvalue weighted by Crippen LogP contribution is -2.29. The zero-order chi connectivity index (χ0) is 11.7. The first-order valence-electron chi connectivity index (χ1n) is 6.51. The lowest BCUT2D eigenvalue weighted by atomic mass is 10.2. The summed E-state index contributed by atoms with van der Waals surface area (Å²) in [6.07, 6.45) is 5.25. The number of nitrogens with zero attached hydrogens (tertiary/aromatic N) is 1. The van der Waals surface area contributed by atoms with Gasteiger partial charge in [-0.1, -0.05) is 27.2 Å². The molecule has 0 rings (SSSR count). The van der Waals surface area contributed by atoms with E-state index in [9.17, 15) is 0 Å². The fraction of sp³-hybridized carbons (Fsp3) is 1.00. The monoisotopic (exact) mass is 214 g/mol. The molecule has 0 aliphatic rings. The number of unbranched alkanes of at least 4 members (excludes halogenated alkanes) is 2. The Labute approximate surface area is 96.4 Å². The van der Waals surface area contributed by atoms with Gasteiger partial charge >= 0.3 is 0 Å². The van der Waals surface area contributed by atoms with E-state index in [1.165, 1.54) is 38.8 Å². The standard InChI is InChI=1S/C13H30N2/c1-6-13(4)15(5)11-9-7-8-10-14-12(2)3/h12-14H,6-11H2,1-5H3. The Hall–Kier alpha value is -0.0800. The summed E-state index contributed by atoms with van der Waals surface area (Å²) in [5.74, 6) is 0. The molecule has 0 aromatic rings. The van der Waals surface area contributed by atoms with Crippen molar-refractivity contribution in [2.24, 2.45) is 0 Å². The van der Waals surface area contributed by atoms with Crippen molar-refractivity contribution in [1.82, 2.24) is 10.2 Å². The number of rotatable bonds is 9. The molecule has 0 aromatic carbocycles. The summed E-state index contributed by atoms with van der Waals surface area (Å²) in [5, 5.41) is 3.45. The van der Waals surface area contributed by atoms with Crippen molar-refractivity contribution in [2.75, 3.05) is 20.1 Å². The summed E-state index contributed by atoms with van der Waals surface area (Å²) >= 11 is 0. The largest absolute Gasteiger partial charge is 0.315 e. The zero-order valence-corrected chi connectivity index (χ0v) is 11.3. The zero-order valence-electron chi connectivity index (χ0n) is 11.3. The summed E-state index contributed by atoms with van der Waals surface area (Å²) in [5.41, 5.74) is 0. The van der Waals surface area contributed by atoms with Crippen molar-refractivity contribution in [3.8, 4) is 0 Å². The Morgan fingerprint density at radius 2 is 1.73 bits per heavy atom. The van der Waals surface area contributed by atoms with Crippen molar-refractivity contribution in [3.05, 3.63) is 0 Å². The topological polar surface area (TPSA) is 15.3 Å².